The van der Waals surface area contributed by atoms with Crippen LogP contribution in [-0.2, 0) is 16.7 Å². The Bertz CT molecular complexity index is 1250. The lowest BCUT2D eigenvalue weighted by Gasteiger charge is -2.21. The average molecular weight is 494 g/mol. The largest absolute Gasteiger partial charge is 0.496 e. The summed E-state index contributed by atoms with van der Waals surface area (Å²) in [5.41, 5.74) is 3.77. The van der Waals surface area contributed by atoms with Crippen molar-refractivity contribution in [3.8, 4) is 17.0 Å². The zero-order valence-corrected chi connectivity index (χ0v) is 22.2. The van der Waals surface area contributed by atoms with Crippen LogP contribution in [0, 0.1) is 6.92 Å². The van der Waals surface area contributed by atoms with Crippen LogP contribution in [0.1, 0.15) is 68.8 Å². The summed E-state index contributed by atoms with van der Waals surface area (Å²) in [4.78, 5) is 25.1. The van der Waals surface area contributed by atoms with Crippen molar-refractivity contribution in [3.05, 3.63) is 64.9 Å². The lowest BCUT2D eigenvalue weighted by Crippen LogP contribution is -2.32. The number of methoxy groups -OCH3 is 1. The molecule has 0 atom stereocenters. The van der Waals surface area contributed by atoms with Gasteiger partial charge in [0.1, 0.15) is 17.0 Å². The molecule has 0 spiro atoms. The zero-order chi connectivity index (χ0) is 26.7. The molecule has 0 saturated heterocycles. The van der Waals surface area contributed by atoms with Crippen molar-refractivity contribution >= 4 is 17.7 Å². The van der Waals surface area contributed by atoms with Gasteiger partial charge in [0.05, 0.1) is 19.2 Å². The molecular formula is C28H35N3O5. The van der Waals surface area contributed by atoms with Crippen LogP contribution >= 0.6 is 0 Å². The fourth-order valence-electron chi connectivity index (χ4n) is 3.52. The average Bonchev–Trinajstić information content (AvgIpc) is 3.25. The van der Waals surface area contributed by atoms with Gasteiger partial charge in [0.25, 0.3) is 5.91 Å². The highest BCUT2D eigenvalue weighted by molar-refractivity contribution is 6.06. The Balaban J connectivity index is 1.78. The summed E-state index contributed by atoms with van der Waals surface area (Å²) >= 11 is 0. The van der Waals surface area contributed by atoms with Crippen LogP contribution in [-0.4, -0.2) is 29.9 Å². The van der Waals surface area contributed by atoms with Crippen molar-refractivity contribution in [1.82, 2.24) is 10.5 Å². The Morgan fingerprint density at radius 2 is 1.72 bits per heavy atom. The molecule has 0 aliphatic rings. The molecule has 0 aliphatic heterocycles. The van der Waals surface area contributed by atoms with Gasteiger partial charge >= 0.3 is 6.09 Å². The smallest absolute Gasteiger partial charge is 0.408 e. The second kappa shape index (κ2) is 10.4. The van der Waals surface area contributed by atoms with Gasteiger partial charge in [0, 0.05) is 17.3 Å². The van der Waals surface area contributed by atoms with Crippen molar-refractivity contribution in [3.63, 3.8) is 0 Å². The minimum absolute atomic E-state index is 0.110. The van der Waals surface area contributed by atoms with E-state index in [0.29, 0.717) is 28.5 Å². The van der Waals surface area contributed by atoms with Crippen LogP contribution in [0.4, 0.5) is 10.5 Å². The summed E-state index contributed by atoms with van der Waals surface area (Å²) < 4.78 is 16.1. The second-order valence-electron chi connectivity index (χ2n) is 10.7. The number of amides is 2. The van der Waals surface area contributed by atoms with Gasteiger partial charge in [0.2, 0.25) is 0 Å². The number of aromatic nitrogens is 1. The Morgan fingerprint density at radius 3 is 2.36 bits per heavy atom. The fourth-order valence-corrected chi connectivity index (χ4v) is 3.52. The van der Waals surface area contributed by atoms with Gasteiger partial charge in [-0.25, -0.2) is 4.79 Å². The number of alkyl carbamates (subject to hydrolysis) is 1. The molecule has 0 saturated carbocycles. The van der Waals surface area contributed by atoms with Crippen LogP contribution in [0.15, 0.2) is 47.0 Å². The molecule has 2 amide bonds. The third kappa shape index (κ3) is 6.87. The number of hydrogen-bond acceptors (Lipinski definition) is 6. The van der Waals surface area contributed by atoms with E-state index < -0.39 is 11.7 Å². The first kappa shape index (κ1) is 26.8. The van der Waals surface area contributed by atoms with E-state index in [1.807, 2.05) is 43.3 Å². The Hall–Kier alpha value is -3.81. The SMILES string of the molecule is COc1ccc(C(C)(C)C)cc1C(=O)Nc1ccc(C)c(-c2cc(CNC(=O)OC(C)(C)C)on2)c1. The van der Waals surface area contributed by atoms with E-state index >= 15 is 0 Å². The molecule has 0 unspecified atom stereocenters. The highest BCUT2D eigenvalue weighted by Crippen LogP contribution is 2.30. The Morgan fingerprint density at radius 1 is 1.00 bits per heavy atom. The fraction of sp³-hybridized carbons (Fsp3) is 0.393. The van der Waals surface area contributed by atoms with E-state index in [0.717, 1.165) is 16.7 Å². The lowest BCUT2D eigenvalue weighted by atomic mass is 9.86. The predicted octanol–water partition coefficient (Wildman–Crippen LogP) is 6.23. The van der Waals surface area contributed by atoms with E-state index in [-0.39, 0.29) is 17.9 Å². The molecule has 2 N–H and O–H groups in total. The number of aryl methyl sites for hydroxylation is 1. The summed E-state index contributed by atoms with van der Waals surface area (Å²) in [6.45, 7) is 13.8. The Kier molecular flexibility index (Phi) is 7.77. The third-order valence-corrected chi connectivity index (χ3v) is 5.45. The quantitative estimate of drug-likeness (QED) is 0.422. The summed E-state index contributed by atoms with van der Waals surface area (Å²) in [5, 5.41) is 9.76. The van der Waals surface area contributed by atoms with Crippen molar-refractivity contribution in [2.75, 3.05) is 12.4 Å². The number of carbonyl (C=O) groups is 2. The van der Waals surface area contributed by atoms with Crippen LogP contribution in [0.2, 0.25) is 0 Å². The van der Waals surface area contributed by atoms with Gasteiger partial charge in [-0.05, 0) is 68.5 Å². The third-order valence-electron chi connectivity index (χ3n) is 5.45. The maximum Gasteiger partial charge on any atom is 0.408 e. The summed E-state index contributed by atoms with van der Waals surface area (Å²) in [6.07, 6.45) is -0.535. The molecule has 1 heterocycles. The number of ether oxygens (including phenoxy) is 2. The molecule has 192 valence electrons. The molecule has 8 heteroatoms. The lowest BCUT2D eigenvalue weighted by molar-refractivity contribution is 0.0518. The van der Waals surface area contributed by atoms with Crippen molar-refractivity contribution in [2.24, 2.45) is 0 Å². The second-order valence-corrected chi connectivity index (χ2v) is 10.7. The number of nitrogens with zero attached hydrogens (tertiary/aromatic N) is 1. The molecule has 2 aromatic carbocycles. The molecule has 36 heavy (non-hydrogen) atoms. The van der Waals surface area contributed by atoms with Gasteiger partial charge in [-0.1, -0.05) is 38.1 Å². The van der Waals surface area contributed by atoms with Crippen molar-refractivity contribution < 1.29 is 23.6 Å². The van der Waals surface area contributed by atoms with Gasteiger partial charge in [-0.3, -0.25) is 4.79 Å². The standard InChI is InChI=1S/C28H35N3O5/c1-17-9-11-19(30-25(32)22-13-18(27(2,3)4)10-12-24(22)34-8)14-21(17)23-15-20(36-31-23)16-29-26(33)35-28(5,6)7/h9-15H,16H2,1-8H3,(H,29,33)(H,30,32). The maximum atomic E-state index is 13.2. The van der Waals surface area contributed by atoms with Crippen LogP contribution in [0.5, 0.6) is 5.75 Å². The normalized spacial score (nSPS) is 11.7. The summed E-state index contributed by atoms with van der Waals surface area (Å²) in [6, 6.07) is 13.0. The topological polar surface area (TPSA) is 103 Å². The van der Waals surface area contributed by atoms with Gasteiger partial charge in [0.15, 0.2) is 5.76 Å². The van der Waals surface area contributed by atoms with E-state index in [9.17, 15) is 9.59 Å². The van der Waals surface area contributed by atoms with Crippen molar-refractivity contribution in [1.29, 1.82) is 0 Å². The van der Waals surface area contributed by atoms with Crippen LogP contribution in [0.3, 0.4) is 0 Å². The number of nitrogens with one attached hydrogen (secondary N) is 2. The number of hydrogen-bond donors (Lipinski definition) is 2. The highest BCUT2D eigenvalue weighted by Gasteiger charge is 2.20. The van der Waals surface area contributed by atoms with E-state index in [1.54, 1.807) is 33.9 Å². The van der Waals surface area contributed by atoms with Crippen molar-refractivity contribution in [2.45, 2.75) is 66.0 Å². The molecule has 0 bridgehead atoms. The monoisotopic (exact) mass is 493 g/mol. The number of rotatable bonds is 6. The first-order valence-corrected chi connectivity index (χ1v) is 11.8. The zero-order valence-electron chi connectivity index (χ0n) is 22.2. The number of anilines is 1. The summed E-state index contributed by atoms with van der Waals surface area (Å²) in [7, 11) is 1.55. The van der Waals surface area contributed by atoms with E-state index in [1.165, 1.54) is 0 Å². The molecule has 3 aromatic rings. The van der Waals surface area contributed by atoms with E-state index in [2.05, 4.69) is 36.6 Å². The number of benzene rings is 2. The highest BCUT2D eigenvalue weighted by atomic mass is 16.6. The molecule has 1 aromatic heterocycles. The Labute approximate surface area is 212 Å². The molecule has 0 fully saturated rings. The van der Waals surface area contributed by atoms with Crippen LogP contribution < -0.4 is 15.4 Å². The minimum Gasteiger partial charge on any atom is -0.496 e. The number of carbonyl (C=O) groups excluding carboxylic acids is 2. The van der Waals surface area contributed by atoms with E-state index in [4.69, 9.17) is 14.0 Å². The first-order chi connectivity index (χ1) is 16.8. The molecule has 3 rings (SSSR count). The molecule has 0 aliphatic carbocycles. The summed E-state index contributed by atoms with van der Waals surface area (Å²) in [5.74, 6) is 0.718. The molecule has 8 nitrogen and oxygen atoms in total. The minimum atomic E-state index is -0.587. The van der Waals surface area contributed by atoms with Gasteiger partial charge in [-0.15, -0.1) is 0 Å². The maximum absolute atomic E-state index is 13.2. The predicted molar refractivity (Wildman–Crippen MR) is 139 cm³/mol. The molecule has 0 radical (unpaired) electrons. The molecular weight excluding hydrogens is 458 g/mol. The van der Waals surface area contributed by atoms with Crippen LogP contribution in [0.25, 0.3) is 11.3 Å². The first-order valence-electron chi connectivity index (χ1n) is 11.8. The van der Waals surface area contributed by atoms with Gasteiger partial charge in [-0.2, -0.15) is 0 Å². The van der Waals surface area contributed by atoms with Gasteiger partial charge < -0.3 is 24.6 Å².